The third kappa shape index (κ3) is 1.69. The molecule has 0 bridgehead atoms. The summed E-state index contributed by atoms with van der Waals surface area (Å²) in [5, 5.41) is 0. The van der Waals surface area contributed by atoms with Crippen molar-refractivity contribution in [3.63, 3.8) is 0 Å². The quantitative estimate of drug-likeness (QED) is 0.428. The molecule has 0 aromatic heterocycles. The van der Waals surface area contributed by atoms with Crippen molar-refractivity contribution in [2.24, 2.45) is 0 Å². The number of hydrogen-bond acceptors (Lipinski definition) is 3. The van der Waals surface area contributed by atoms with Gasteiger partial charge in [0, 0.05) is 0 Å². The first kappa shape index (κ1) is 10.4. The van der Waals surface area contributed by atoms with Crippen molar-refractivity contribution in [1.29, 1.82) is 0 Å². The molecule has 1 saturated heterocycles. The van der Waals surface area contributed by atoms with E-state index >= 15 is 0 Å². The Kier molecular flexibility index (Phi) is 2.72. The van der Waals surface area contributed by atoms with Crippen LogP contribution < -0.4 is 4.90 Å². The fourth-order valence-electron chi connectivity index (χ4n) is 1.65. The van der Waals surface area contributed by atoms with Crippen LogP contribution in [0.5, 0.6) is 0 Å². The molecule has 4 heteroatoms. The minimum Gasteiger partial charge on any atom is -0.504 e. The van der Waals surface area contributed by atoms with Gasteiger partial charge in [-0.3, -0.25) is 9.59 Å². The van der Waals surface area contributed by atoms with Crippen LogP contribution in [0.1, 0.15) is 6.42 Å². The van der Waals surface area contributed by atoms with Gasteiger partial charge in [0.1, 0.15) is 0 Å². The van der Waals surface area contributed by atoms with Crippen LogP contribution in [0, 0.1) is 0 Å². The Labute approximate surface area is 93.1 Å². The van der Waals surface area contributed by atoms with Gasteiger partial charge in [-0.1, -0.05) is 18.2 Å². The lowest BCUT2D eigenvalue weighted by Crippen LogP contribution is -2.28. The van der Waals surface area contributed by atoms with Gasteiger partial charge in [0.2, 0.25) is 5.91 Å². The fourth-order valence-corrected chi connectivity index (χ4v) is 1.65. The molecule has 1 aliphatic heterocycles. The van der Waals surface area contributed by atoms with Crippen LogP contribution in [0.15, 0.2) is 42.2 Å². The molecule has 82 valence electrons. The van der Waals surface area contributed by atoms with Crippen LogP contribution in [-0.4, -0.2) is 18.9 Å². The van der Waals surface area contributed by atoms with Crippen molar-refractivity contribution >= 4 is 17.5 Å². The van der Waals surface area contributed by atoms with E-state index in [1.54, 1.807) is 24.3 Å². The first-order chi connectivity index (χ1) is 7.74. The smallest absolute Gasteiger partial charge is 0.264 e. The van der Waals surface area contributed by atoms with Gasteiger partial charge < -0.3 is 4.74 Å². The highest BCUT2D eigenvalue weighted by molar-refractivity contribution is 6.28. The number of rotatable bonds is 2. The van der Waals surface area contributed by atoms with Crippen molar-refractivity contribution in [1.82, 2.24) is 0 Å². The molecule has 0 aliphatic carbocycles. The molecule has 0 radical (unpaired) electrons. The SMILES string of the molecule is CO/C=C1\CC(=O)N(c2ccccc2)C1=O. The zero-order chi connectivity index (χ0) is 11.5. The summed E-state index contributed by atoms with van der Waals surface area (Å²) in [4.78, 5) is 24.7. The van der Waals surface area contributed by atoms with Crippen molar-refractivity contribution in [2.75, 3.05) is 12.0 Å². The van der Waals surface area contributed by atoms with E-state index in [-0.39, 0.29) is 18.2 Å². The zero-order valence-corrected chi connectivity index (χ0v) is 8.84. The number of ether oxygens (including phenoxy) is 1. The zero-order valence-electron chi connectivity index (χ0n) is 8.84. The second kappa shape index (κ2) is 4.18. The van der Waals surface area contributed by atoms with E-state index in [1.165, 1.54) is 18.3 Å². The highest BCUT2D eigenvalue weighted by Gasteiger charge is 2.35. The average Bonchev–Trinajstić information content (AvgIpc) is 2.56. The Morgan fingerprint density at radius 2 is 1.94 bits per heavy atom. The predicted octanol–water partition coefficient (Wildman–Crippen LogP) is 1.48. The largest absolute Gasteiger partial charge is 0.504 e. The second-order valence-corrected chi connectivity index (χ2v) is 3.43. The number of methoxy groups -OCH3 is 1. The Morgan fingerprint density at radius 1 is 1.25 bits per heavy atom. The normalized spacial score (nSPS) is 18.3. The van der Waals surface area contributed by atoms with E-state index < -0.39 is 0 Å². The average molecular weight is 217 g/mol. The van der Waals surface area contributed by atoms with Gasteiger partial charge in [-0.25, -0.2) is 4.90 Å². The van der Waals surface area contributed by atoms with E-state index in [0.29, 0.717) is 11.3 Å². The van der Waals surface area contributed by atoms with E-state index in [4.69, 9.17) is 4.74 Å². The number of imide groups is 1. The number of benzene rings is 1. The van der Waals surface area contributed by atoms with Crippen molar-refractivity contribution in [3.05, 3.63) is 42.2 Å². The van der Waals surface area contributed by atoms with Gasteiger partial charge in [-0.2, -0.15) is 0 Å². The van der Waals surface area contributed by atoms with Crippen LogP contribution >= 0.6 is 0 Å². The molecule has 0 atom stereocenters. The first-order valence-corrected chi connectivity index (χ1v) is 4.88. The topological polar surface area (TPSA) is 46.6 Å². The van der Waals surface area contributed by atoms with Gasteiger partial charge in [0.15, 0.2) is 0 Å². The lowest BCUT2D eigenvalue weighted by molar-refractivity contribution is -0.120. The van der Waals surface area contributed by atoms with Gasteiger partial charge >= 0.3 is 0 Å². The molecule has 1 heterocycles. The maximum Gasteiger partial charge on any atom is 0.264 e. The minimum absolute atomic E-state index is 0.0988. The van der Waals surface area contributed by atoms with Crippen LogP contribution in [0.2, 0.25) is 0 Å². The molecule has 0 unspecified atom stereocenters. The fraction of sp³-hybridized carbons (Fsp3) is 0.167. The number of anilines is 1. The summed E-state index contributed by atoms with van der Waals surface area (Å²) in [6, 6.07) is 8.86. The standard InChI is InChI=1S/C12H11NO3/c1-16-8-9-7-11(14)13(12(9)15)10-5-3-2-4-6-10/h2-6,8H,7H2,1H3/b9-8+. The van der Waals surface area contributed by atoms with Gasteiger partial charge in [0.05, 0.1) is 31.1 Å². The Balaban J connectivity index is 2.34. The molecule has 0 N–H and O–H groups in total. The van der Waals surface area contributed by atoms with E-state index in [2.05, 4.69) is 0 Å². The van der Waals surface area contributed by atoms with Crippen LogP contribution in [-0.2, 0) is 14.3 Å². The number of nitrogens with zero attached hydrogens (tertiary/aromatic N) is 1. The maximum absolute atomic E-state index is 11.9. The summed E-state index contributed by atoms with van der Waals surface area (Å²) in [6.07, 6.45) is 1.42. The van der Waals surface area contributed by atoms with Crippen LogP contribution in [0.4, 0.5) is 5.69 Å². The molecule has 1 aromatic carbocycles. The molecule has 4 nitrogen and oxygen atoms in total. The lowest BCUT2D eigenvalue weighted by atomic mass is 10.2. The summed E-state index contributed by atoms with van der Waals surface area (Å²) >= 11 is 0. The summed E-state index contributed by atoms with van der Waals surface area (Å²) in [5.74, 6) is -0.530. The highest BCUT2D eigenvalue weighted by atomic mass is 16.5. The van der Waals surface area contributed by atoms with Crippen molar-refractivity contribution in [2.45, 2.75) is 6.42 Å². The third-order valence-corrected chi connectivity index (χ3v) is 2.34. The molecule has 16 heavy (non-hydrogen) atoms. The van der Waals surface area contributed by atoms with Gasteiger partial charge in [-0.15, -0.1) is 0 Å². The molecule has 1 aliphatic rings. The van der Waals surface area contributed by atoms with Crippen LogP contribution in [0.3, 0.4) is 0 Å². The number of hydrogen-bond donors (Lipinski definition) is 0. The monoisotopic (exact) mass is 217 g/mol. The van der Waals surface area contributed by atoms with Crippen LogP contribution in [0.25, 0.3) is 0 Å². The second-order valence-electron chi connectivity index (χ2n) is 3.43. The number of carbonyl (C=O) groups is 2. The number of para-hydroxylation sites is 1. The van der Waals surface area contributed by atoms with E-state index in [1.807, 2.05) is 6.07 Å². The third-order valence-electron chi connectivity index (χ3n) is 2.34. The molecule has 1 aromatic rings. The Hall–Kier alpha value is -2.10. The Bertz CT molecular complexity index is 451. The van der Waals surface area contributed by atoms with Gasteiger partial charge in [0.25, 0.3) is 5.91 Å². The van der Waals surface area contributed by atoms with E-state index in [0.717, 1.165) is 0 Å². The van der Waals surface area contributed by atoms with Gasteiger partial charge in [-0.05, 0) is 12.1 Å². The highest BCUT2D eigenvalue weighted by Crippen LogP contribution is 2.25. The lowest BCUT2D eigenvalue weighted by Gasteiger charge is -2.12. The summed E-state index contributed by atoms with van der Waals surface area (Å²) < 4.78 is 4.77. The minimum atomic E-state index is -0.307. The summed E-state index contributed by atoms with van der Waals surface area (Å²) in [6.45, 7) is 0. The van der Waals surface area contributed by atoms with Crippen molar-refractivity contribution < 1.29 is 14.3 Å². The molecule has 0 spiro atoms. The Morgan fingerprint density at radius 3 is 2.56 bits per heavy atom. The first-order valence-electron chi connectivity index (χ1n) is 4.88. The maximum atomic E-state index is 11.9. The molecular weight excluding hydrogens is 206 g/mol. The molecular formula is C12H11NO3. The molecule has 0 saturated carbocycles. The van der Waals surface area contributed by atoms with Crippen molar-refractivity contribution in [3.8, 4) is 0 Å². The van der Waals surface area contributed by atoms with E-state index in [9.17, 15) is 9.59 Å². The summed E-state index contributed by atoms with van der Waals surface area (Å²) in [7, 11) is 1.45. The summed E-state index contributed by atoms with van der Waals surface area (Å²) in [5.41, 5.74) is 0.980. The molecule has 2 amide bonds. The molecule has 2 rings (SSSR count). The number of amides is 2. The predicted molar refractivity (Wildman–Crippen MR) is 58.6 cm³/mol. The molecule has 1 fully saturated rings. The number of carbonyl (C=O) groups excluding carboxylic acids is 2.